The molecule has 1 N–H and O–H groups in total. The van der Waals surface area contributed by atoms with Crippen molar-refractivity contribution < 1.29 is 9.59 Å². The van der Waals surface area contributed by atoms with E-state index in [1.54, 1.807) is 24.1 Å². The Labute approximate surface area is 147 Å². The predicted molar refractivity (Wildman–Crippen MR) is 93.8 cm³/mol. The first-order chi connectivity index (χ1) is 12.1. The third-order valence-electron chi connectivity index (χ3n) is 4.31. The molecule has 0 bridgehead atoms. The number of amides is 2. The number of carbonyl (C=O) groups is 2. The van der Waals surface area contributed by atoms with Crippen molar-refractivity contribution in [2.75, 3.05) is 32.7 Å². The SMILES string of the molecule is Cn1cc(C(=O)N2CCN(CC(=O)NCc3ccccc3)CC2)cn1. The maximum absolute atomic E-state index is 12.4. The standard InChI is InChI=1S/C18H23N5O2/c1-21-13-16(12-20-21)18(25)23-9-7-22(8-10-23)14-17(24)19-11-15-5-3-2-4-6-15/h2-6,12-13H,7-11,14H2,1H3,(H,19,24). The molecule has 2 heterocycles. The Balaban J connectivity index is 1.41. The number of hydrogen-bond donors (Lipinski definition) is 1. The van der Waals surface area contributed by atoms with Gasteiger partial charge < -0.3 is 10.2 Å². The molecule has 1 aromatic heterocycles. The molecule has 0 unspecified atom stereocenters. The third kappa shape index (κ3) is 4.67. The number of nitrogens with one attached hydrogen (secondary N) is 1. The van der Waals surface area contributed by atoms with Gasteiger partial charge in [-0.05, 0) is 5.56 Å². The molecule has 2 amide bonds. The Kier molecular flexibility index (Phi) is 5.45. The third-order valence-corrected chi connectivity index (χ3v) is 4.31. The predicted octanol–water partition coefficient (Wildman–Crippen LogP) is 0.494. The maximum Gasteiger partial charge on any atom is 0.257 e. The average molecular weight is 341 g/mol. The van der Waals surface area contributed by atoms with Crippen molar-refractivity contribution >= 4 is 11.8 Å². The summed E-state index contributed by atoms with van der Waals surface area (Å²) in [6.45, 7) is 3.55. The first-order valence-electron chi connectivity index (χ1n) is 8.43. The normalized spacial score (nSPS) is 15.2. The fourth-order valence-electron chi connectivity index (χ4n) is 2.88. The van der Waals surface area contributed by atoms with Crippen molar-refractivity contribution in [1.82, 2.24) is 24.9 Å². The summed E-state index contributed by atoms with van der Waals surface area (Å²) in [4.78, 5) is 28.3. The van der Waals surface area contributed by atoms with Crippen LogP contribution in [0.5, 0.6) is 0 Å². The molecule has 0 aliphatic carbocycles. The minimum Gasteiger partial charge on any atom is -0.351 e. The topological polar surface area (TPSA) is 70.5 Å². The number of carbonyl (C=O) groups excluding carboxylic acids is 2. The summed E-state index contributed by atoms with van der Waals surface area (Å²) >= 11 is 0. The number of rotatable bonds is 5. The van der Waals surface area contributed by atoms with E-state index in [9.17, 15) is 9.59 Å². The highest BCUT2D eigenvalue weighted by Gasteiger charge is 2.23. The van der Waals surface area contributed by atoms with Gasteiger partial charge in [0.05, 0.1) is 18.3 Å². The summed E-state index contributed by atoms with van der Waals surface area (Å²) in [6, 6.07) is 9.85. The Morgan fingerprint density at radius 3 is 2.48 bits per heavy atom. The second-order valence-electron chi connectivity index (χ2n) is 6.23. The van der Waals surface area contributed by atoms with E-state index >= 15 is 0 Å². The number of aromatic nitrogens is 2. The van der Waals surface area contributed by atoms with E-state index in [1.807, 2.05) is 35.2 Å². The zero-order valence-electron chi connectivity index (χ0n) is 14.4. The lowest BCUT2D eigenvalue weighted by molar-refractivity contribution is -0.122. The van der Waals surface area contributed by atoms with Crippen molar-refractivity contribution in [1.29, 1.82) is 0 Å². The summed E-state index contributed by atoms with van der Waals surface area (Å²) in [5, 5.41) is 6.97. The number of benzene rings is 1. The summed E-state index contributed by atoms with van der Waals surface area (Å²) in [7, 11) is 1.79. The van der Waals surface area contributed by atoms with Crippen molar-refractivity contribution in [2.45, 2.75) is 6.54 Å². The van der Waals surface area contributed by atoms with Crippen molar-refractivity contribution in [3.8, 4) is 0 Å². The summed E-state index contributed by atoms with van der Waals surface area (Å²) in [6.07, 6.45) is 3.32. The molecule has 7 nitrogen and oxygen atoms in total. The van der Waals surface area contributed by atoms with Gasteiger partial charge in [-0.25, -0.2) is 0 Å². The van der Waals surface area contributed by atoms with E-state index in [1.165, 1.54) is 0 Å². The molecule has 3 rings (SSSR count). The van der Waals surface area contributed by atoms with Crippen LogP contribution in [0.2, 0.25) is 0 Å². The molecule has 25 heavy (non-hydrogen) atoms. The molecule has 7 heteroatoms. The van der Waals surface area contributed by atoms with Crippen molar-refractivity contribution in [3.63, 3.8) is 0 Å². The van der Waals surface area contributed by atoms with Gasteiger partial charge in [-0.3, -0.25) is 19.2 Å². The molecule has 1 aliphatic heterocycles. The fraction of sp³-hybridized carbons (Fsp3) is 0.389. The smallest absolute Gasteiger partial charge is 0.257 e. The van der Waals surface area contributed by atoms with Crippen LogP contribution < -0.4 is 5.32 Å². The fourth-order valence-corrected chi connectivity index (χ4v) is 2.88. The first kappa shape index (κ1) is 17.2. The molecule has 1 aliphatic rings. The van der Waals surface area contributed by atoms with E-state index < -0.39 is 0 Å². The van der Waals surface area contributed by atoms with Gasteiger partial charge in [-0.1, -0.05) is 30.3 Å². The van der Waals surface area contributed by atoms with Gasteiger partial charge in [0, 0.05) is 46.0 Å². The first-order valence-corrected chi connectivity index (χ1v) is 8.43. The molecule has 0 radical (unpaired) electrons. The maximum atomic E-state index is 12.4. The minimum absolute atomic E-state index is 0.00118. The highest BCUT2D eigenvalue weighted by Crippen LogP contribution is 2.08. The lowest BCUT2D eigenvalue weighted by Crippen LogP contribution is -2.51. The van der Waals surface area contributed by atoms with Crippen LogP contribution in [0.3, 0.4) is 0 Å². The minimum atomic E-state index is 0.00118. The van der Waals surface area contributed by atoms with Crippen molar-refractivity contribution in [3.05, 3.63) is 53.9 Å². The monoisotopic (exact) mass is 341 g/mol. The molecular formula is C18H23N5O2. The molecule has 132 valence electrons. The second kappa shape index (κ2) is 7.94. The van der Waals surface area contributed by atoms with Crippen LogP contribution in [0.25, 0.3) is 0 Å². The molecule has 1 fully saturated rings. The molecule has 0 saturated carbocycles. The molecule has 1 aromatic carbocycles. The average Bonchev–Trinajstić information content (AvgIpc) is 3.07. The van der Waals surface area contributed by atoms with Crippen LogP contribution in [0.1, 0.15) is 15.9 Å². The highest BCUT2D eigenvalue weighted by atomic mass is 16.2. The van der Waals surface area contributed by atoms with Crippen LogP contribution in [-0.4, -0.2) is 64.1 Å². The Bertz CT molecular complexity index is 720. The molecular weight excluding hydrogens is 318 g/mol. The highest BCUT2D eigenvalue weighted by molar-refractivity contribution is 5.93. The molecule has 1 saturated heterocycles. The van der Waals surface area contributed by atoms with Crippen LogP contribution in [0, 0.1) is 0 Å². The zero-order chi connectivity index (χ0) is 17.6. The lowest BCUT2D eigenvalue weighted by atomic mass is 10.2. The van der Waals surface area contributed by atoms with Crippen LogP contribution >= 0.6 is 0 Å². The van der Waals surface area contributed by atoms with E-state index in [0.29, 0.717) is 44.8 Å². The summed E-state index contributed by atoms with van der Waals surface area (Å²) in [5.74, 6) is 0.0113. The van der Waals surface area contributed by atoms with Gasteiger partial charge >= 0.3 is 0 Å². The van der Waals surface area contributed by atoms with Crippen molar-refractivity contribution in [2.24, 2.45) is 7.05 Å². The van der Waals surface area contributed by atoms with E-state index in [-0.39, 0.29) is 11.8 Å². The van der Waals surface area contributed by atoms with Gasteiger partial charge in [0.1, 0.15) is 0 Å². The van der Waals surface area contributed by atoms with Gasteiger partial charge in [-0.15, -0.1) is 0 Å². The lowest BCUT2D eigenvalue weighted by Gasteiger charge is -2.34. The van der Waals surface area contributed by atoms with Crippen LogP contribution in [-0.2, 0) is 18.4 Å². The van der Waals surface area contributed by atoms with Gasteiger partial charge in [0.25, 0.3) is 5.91 Å². The summed E-state index contributed by atoms with van der Waals surface area (Å²) < 4.78 is 1.63. The molecule has 0 atom stereocenters. The van der Waals surface area contributed by atoms with Crippen LogP contribution in [0.15, 0.2) is 42.7 Å². The van der Waals surface area contributed by atoms with Gasteiger partial charge in [-0.2, -0.15) is 5.10 Å². The quantitative estimate of drug-likeness (QED) is 0.859. The summed E-state index contributed by atoms with van der Waals surface area (Å²) in [5.41, 5.74) is 1.69. The second-order valence-corrected chi connectivity index (χ2v) is 6.23. The number of nitrogens with zero attached hydrogens (tertiary/aromatic N) is 4. The largest absolute Gasteiger partial charge is 0.351 e. The Morgan fingerprint density at radius 1 is 1.12 bits per heavy atom. The van der Waals surface area contributed by atoms with E-state index in [2.05, 4.69) is 15.3 Å². The number of hydrogen-bond acceptors (Lipinski definition) is 4. The Hall–Kier alpha value is -2.67. The molecule has 2 aromatic rings. The number of piperazine rings is 1. The van der Waals surface area contributed by atoms with E-state index in [0.717, 1.165) is 5.56 Å². The Morgan fingerprint density at radius 2 is 1.84 bits per heavy atom. The van der Waals surface area contributed by atoms with Crippen LogP contribution in [0.4, 0.5) is 0 Å². The van der Waals surface area contributed by atoms with E-state index in [4.69, 9.17) is 0 Å². The van der Waals surface area contributed by atoms with Gasteiger partial charge in [0.2, 0.25) is 5.91 Å². The number of aryl methyl sites for hydroxylation is 1. The van der Waals surface area contributed by atoms with Gasteiger partial charge in [0.15, 0.2) is 0 Å². The zero-order valence-corrected chi connectivity index (χ0v) is 14.4. The molecule has 0 spiro atoms.